The van der Waals surface area contributed by atoms with Gasteiger partial charge in [0.15, 0.2) is 11.0 Å². The lowest BCUT2D eigenvalue weighted by molar-refractivity contribution is 0.0254. The molecule has 0 amide bonds. The van der Waals surface area contributed by atoms with Gasteiger partial charge in [-0.2, -0.15) is 0 Å². The van der Waals surface area contributed by atoms with Crippen LogP contribution in [0.4, 0.5) is 10.1 Å². The van der Waals surface area contributed by atoms with Crippen molar-refractivity contribution in [2.45, 2.75) is 23.5 Å². The van der Waals surface area contributed by atoms with Gasteiger partial charge in [-0.3, -0.25) is 4.90 Å². The van der Waals surface area contributed by atoms with Crippen LogP contribution in [0.5, 0.6) is 0 Å². The monoisotopic (exact) mass is 423 g/mol. The Labute approximate surface area is 180 Å². The lowest BCUT2D eigenvalue weighted by atomic mass is 9.77. The molecule has 5 rings (SSSR count). The van der Waals surface area contributed by atoms with Gasteiger partial charge in [-0.15, -0.1) is 10.2 Å². The number of thioether (sulfide) groups is 1. The maximum absolute atomic E-state index is 13.2. The maximum Gasteiger partial charge on any atom is 0.191 e. The van der Waals surface area contributed by atoms with Crippen LogP contribution in [0.25, 0.3) is 11.4 Å². The zero-order valence-corrected chi connectivity index (χ0v) is 18.0. The standard InChI is InChI=1S/C23H26FN5S/c1-27-21(18-6-3-2-4-7-18)25-26-22(27)30-15-5-13-28-16-23(17-28)12-14-29(23)20-10-8-19(24)9-11-20/h2-4,6-11H,5,12-17H2,1H3. The summed E-state index contributed by atoms with van der Waals surface area (Å²) in [5.41, 5.74) is 2.52. The van der Waals surface area contributed by atoms with Crippen molar-refractivity contribution in [3.8, 4) is 11.4 Å². The van der Waals surface area contributed by atoms with Crippen LogP contribution in [0.2, 0.25) is 0 Å². The molecule has 0 unspecified atom stereocenters. The Bertz CT molecular complexity index is 998. The SMILES string of the molecule is Cn1c(SCCCN2CC3(CCN3c3ccc(F)cc3)C2)nnc1-c1ccccc1. The predicted molar refractivity (Wildman–Crippen MR) is 119 cm³/mol. The highest BCUT2D eigenvalue weighted by Crippen LogP contribution is 2.42. The summed E-state index contributed by atoms with van der Waals surface area (Å²) in [6, 6.07) is 17.1. The summed E-state index contributed by atoms with van der Waals surface area (Å²) in [5, 5.41) is 9.70. The lowest BCUT2D eigenvalue weighted by Gasteiger charge is -2.64. The molecule has 0 N–H and O–H groups in total. The van der Waals surface area contributed by atoms with E-state index < -0.39 is 0 Å². The molecule has 2 fully saturated rings. The number of rotatable bonds is 7. The molecule has 3 aromatic rings. The molecular weight excluding hydrogens is 397 g/mol. The van der Waals surface area contributed by atoms with E-state index >= 15 is 0 Å². The van der Waals surface area contributed by atoms with E-state index in [1.54, 1.807) is 23.9 Å². The minimum Gasteiger partial charge on any atom is -0.363 e. The summed E-state index contributed by atoms with van der Waals surface area (Å²) in [5.74, 6) is 1.78. The molecule has 30 heavy (non-hydrogen) atoms. The fourth-order valence-corrected chi connectivity index (χ4v) is 5.40. The second-order valence-corrected chi connectivity index (χ2v) is 9.31. The van der Waals surface area contributed by atoms with Gasteiger partial charge in [-0.1, -0.05) is 42.1 Å². The number of nitrogens with zero attached hydrogens (tertiary/aromatic N) is 5. The van der Waals surface area contributed by atoms with Crippen LogP contribution in [0.15, 0.2) is 59.8 Å². The molecule has 7 heteroatoms. The summed E-state index contributed by atoms with van der Waals surface area (Å²) < 4.78 is 15.3. The molecular formula is C23H26FN5S. The smallest absolute Gasteiger partial charge is 0.191 e. The average Bonchev–Trinajstić information content (AvgIpc) is 3.08. The van der Waals surface area contributed by atoms with Gasteiger partial charge in [0.05, 0.1) is 5.54 Å². The zero-order chi connectivity index (χ0) is 20.6. The summed E-state index contributed by atoms with van der Waals surface area (Å²) in [6.45, 7) is 4.40. The van der Waals surface area contributed by atoms with Crippen molar-refractivity contribution in [1.29, 1.82) is 0 Å². The molecule has 2 saturated heterocycles. The van der Waals surface area contributed by atoms with Crippen molar-refractivity contribution >= 4 is 17.4 Å². The van der Waals surface area contributed by atoms with E-state index in [9.17, 15) is 4.39 Å². The Balaban J connectivity index is 1.08. The van der Waals surface area contributed by atoms with Crippen molar-refractivity contribution in [1.82, 2.24) is 19.7 Å². The molecule has 0 radical (unpaired) electrons. The number of benzene rings is 2. The molecule has 0 aliphatic carbocycles. The minimum absolute atomic E-state index is 0.167. The molecule has 1 aromatic heterocycles. The Morgan fingerprint density at radius 2 is 1.80 bits per heavy atom. The van der Waals surface area contributed by atoms with Gasteiger partial charge in [-0.25, -0.2) is 4.39 Å². The van der Waals surface area contributed by atoms with E-state index in [0.29, 0.717) is 0 Å². The molecule has 5 nitrogen and oxygen atoms in total. The summed E-state index contributed by atoms with van der Waals surface area (Å²) in [6.07, 6.45) is 2.36. The second kappa shape index (κ2) is 8.04. The third-order valence-electron chi connectivity index (χ3n) is 6.26. The van der Waals surface area contributed by atoms with Crippen LogP contribution < -0.4 is 4.90 Å². The Morgan fingerprint density at radius 3 is 2.50 bits per heavy atom. The molecule has 0 saturated carbocycles. The zero-order valence-electron chi connectivity index (χ0n) is 17.2. The third-order valence-corrected chi connectivity index (χ3v) is 7.37. The van der Waals surface area contributed by atoms with E-state index in [0.717, 1.165) is 60.6 Å². The minimum atomic E-state index is -0.167. The molecule has 2 aliphatic heterocycles. The maximum atomic E-state index is 13.2. The molecule has 2 aliphatic rings. The normalized spacial score (nSPS) is 17.7. The van der Waals surface area contributed by atoms with Gasteiger partial charge in [0.1, 0.15) is 5.82 Å². The van der Waals surface area contributed by atoms with Gasteiger partial charge in [0.2, 0.25) is 0 Å². The van der Waals surface area contributed by atoms with Gasteiger partial charge < -0.3 is 9.47 Å². The molecule has 3 heterocycles. The summed E-state index contributed by atoms with van der Waals surface area (Å²) in [7, 11) is 2.03. The number of hydrogen-bond donors (Lipinski definition) is 0. The van der Waals surface area contributed by atoms with Crippen LogP contribution in [0.3, 0.4) is 0 Å². The fourth-order valence-electron chi connectivity index (χ4n) is 4.57. The Morgan fingerprint density at radius 1 is 1.03 bits per heavy atom. The highest BCUT2D eigenvalue weighted by Gasteiger charge is 2.52. The van der Waals surface area contributed by atoms with Crippen LogP contribution in [-0.4, -0.2) is 57.1 Å². The quantitative estimate of drug-likeness (QED) is 0.423. The lowest BCUT2D eigenvalue weighted by Crippen LogP contribution is -2.77. The van der Waals surface area contributed by atoms with Crippen LogP contribution in [0.1, 0.15) is 12.8 Å². The third kappa shape index (κ3) is 3.61. The average molecular weight is 424 g/mol. The predicted octanol–water partition coefficient (Wildman–Crippen LogP) is 4.07. The number of halogens is 1. The number of hydrogen-bond acceptors (Lipinski definition) is 5. The van der Waals surface area contributed by atoms with Gasteiger partial charge in [0.25, 0.3) is 0 Å². The fraction of sp³-hybridized carbons (Fsp3) is 0.391. The Kier molecular flexibility index (Phi) is 5.25. The van der Waals surface area contributed by atoms with Gasteiger partial charge >= 0.3 is 0 Å². The summed E-state index contributed by atoms with van der Waals surface area (Å²) >= 11 is 1.77. The number of anilines is 1. The molecule has 156 valence electrons. The highest BCUT2D eigenvalue weighted by molar-refractivity contribution is 7.99. The molecule has 0 atom stereocenters. The van der Waals surface area contributed by atoms with Crippen molar-refractivity contribution in [3.05, 3.63) is 60.4 Å². The van der Waals surface area contributed by atoms with Crippen molar-refractivity contribution in [2.24, 2.45) is 7.05 Å². The van der Waals surface area contributed by atoms with E-state index in [1.807, 2.05) is 37.4 Å². The van der Waals surface area contributed by atoms with E-state index in [-0.39, 0.29) is 11.4 Å². The topological polar surface area (TPSA) is 37.2 Å². The number of aromatic nitrogens is 3. The van der Waals surface area contributed by atoms with Crippen LogP contribution in [0, 0.1) is 5.82 Å². The van der Waals surface area contributed by atoms with E-state index in [1.165, 1.54) is 6.42 Å². The first-order valence-corrected chi connectivity index (χ1v) is 11.5. The van der Waals surface area contributed by atoms with Crippen molar-refractivity contribution < 1.29 is 4.39 Å². The van der Waals surface area contributed by atoms with Crippen molar-refractivity contribution in [2.75, 3.05) is 36.8 Å². The first-order chi connectivity index (χ1) is 14.6. The highest BCUT2D eigenvalue weighted by atomic mass is 32.2. The molecule has 2 aromatic carbocycles. The van der Waals surface area contributed by atoms with Crippen molar-refractivity contribution in [3.63, 3.8) is 0 Å². The van der Waals surface area contributed by atoms with Gasteiger partial charge in [0, 0.05) is 43.7 Å². The first kappa shape index (κ1) is 19.6. The number of likely N-dealkylation sites (tertiary alicyclic amines) is 1. The summed E-state index contributed by atoms with van der Waals surface area (Å²) in [4.78, 5) is 4.98. The second-order valence-electron chi connectivity index (χ2n) is 8.25. The molecule has 1 spiro atoms. The Hall–Kier alpha value is -2.38. The van der Waals surface area contributed by atoms with Gasteiger partial charge in [-0.05, 0) is 43.7 Å². The first-order valence-electron chi connectivity index (χ1n) is 10.5. The van der Waals surface area contributed by atoms with Crippen LogP contribution in [-0.2, 0) is 7.05 Å². The van der Waals surface area contributed by atoms with E-state index in [2.05, 4.69) is 36.7 Å². The molecule has 0 bridgehead atoms. The van der Waals surface area contributed by atoms with Crippen LogP contribution >= 0.6 is 11.8 Å². The van der Waals surface area contributed by atoms with E-state index in [4.69, 9.17) is 0 Å². The largest absolute Gasteiger partial charge is 0.363 e.